The Bertz CT molecular complexity index is 975. The number of ether oxygens (including phenoxy) is 1. The van der Waals surface area contributed by atoms with E-state index >= 15 is 0 Å². The monoisotopic (exact) mass is 557 g/mol. The van der Waals surface area contributed by atoms with Crippen LogP contribution in [0, 0.1) is 30.1 Å². The highest BCUT2D eigenvalue weighted by molar-refractivity contribution is 5.85. The fourth-order valence-corrected chi connectivity index (χ4v) is 4.68. The topological polar surface area (TPSA) is 87.7 Å². The molecule has 2 atom stereocenters. The summed E-state index contributed by atoms with van der Waals surface area (Å²) in [5, 5.41) is 6.02. The van der Waals surface area contributed by atoms with Gasteiger partial charge in [0.1, 0.15) is 12.5 Å². The minimum atomic E-state index is -4.45. The third-order valence-electron chi connectivity index (χ3n) is 7.00. The van der Waals surface area contributed by atoms with Crippen LogP contribution in [0.4, 0.5) is 13.2 Å². The Labute approximate surface area is 227 Å². The summed E-state index contributed by atoms with van der Waals surface area (Å²) in [6.07, 6.45) is 5.90. The van der Waals surface area contributed by atoms with Crippen molar-refractivity contribution in [3.63, 3.8) is 0 Å². The second kappa shape index (κ2) is 15.0. The van der Waals surface area contributed by atoms with Gasteiger partial charge in [-0.05, 0) is 68.8 Å². The Balaban J connectivity index is 0.00000507. The van der Waals surface area contributed by atoms with Crippen LogP contribution in [0.25, 0.3) is 0 Å². The Morgan fingerprint density at radius 2 is 1.84 bits per heavy atom. The van der Waals surface area contributed by atoms with Gasteiger partial charge in [-0.2, -0.15) is 13.2 Å². The van der Waals surface area contributed by atoms with Gasteiger partial charge in [0.05, 0.1) is 11.5 Å². The van der Waals surface area contributed by atoms with Crippen molar-refractivity contribution in [2.45, 2.75) is 51.3 Å². The maximum Gasteiger partial charge on any atom is 0.416 e. The Kier molecular flexibility index (Phi) is 12.4. The average Bonchev–Trinajstić information content (AvgIpc) is 2.91. The van der Waals surface area contributed by atoms with E-state index in [1.54, 1.807) is 4.90 Å². The highest BCUT2D eigenvalue weighted by Crippen LogP contribution is 2.29. The van der Waals surface area contributed by atoms with Gasteiger partial charge in [0.15, 0.2) is 0 Å². The summed E-state index contributed by atoms with van der Waals surface area (Å²) < 4.78 is 43.2. The minimum Gasteiger partial charge on any atom is -0.460 e. The number of terminal acetylenes is 1. The molecule has 2 amide bonds. The smallest absolute Gasteiger partial charge is 0.416 e. The molecular formula is C27H35ClF3N3O4. The number of esters is 1. The largest absolute Gasteiger partial charge is 0.460 e. The molecular weight excluding hydrogens is 523 g/mol. The van der Waals surface area contributed by atoms with Crippen LogP contribution in [-0.4, -0.2) is 55.4 Å². The fraction of sp³-hybridized carbons (Fsp3) is 0.593. The summed E-state index contributed by atoms with van der Waals surface area (Å²) in [4.78, 5) is 39.5. The fourth-order valence-electron chi connectivity index (χ4n) is 4.68. The average molecular weight is 558 g/mol. The van der Waals surface area contributed by atoms with E-state index in [-0.39, 0.29) is 43.3 Å². The van der Waals surface area contributed by atoms with Crippen LogP contribution in [-0.2, 0) is 31.9 Å². The van der Waals surface area contributed by atoms with E-state index in [2.05, 4.69) is 16.6 Å². The van der Waals surface area contributed by atoms with Crippen molar-refractivity contribution in [2.75, 3.05) is 32.7 Å². The summed E-state index contributed by atoms with van der Waals surface area (Å²) >= 11 is 0. The van der Waals surface area contributed by atoms with Gasteiger partial charge in [0.25, 0.3) is 0 Å². The van der Waals surface area contributed by atoms with Gasteiger partial charge < -0.3 is 20.3 Å². The Hall–Kier alpha value is -2.77. The third-order valence-corrected chi connectivity index (χ3v) is 7.00. The zero-order valence-corrected chi connectivity index (χ0v) is 22.0. The number of rotatable bonds is 9. The van der Waals surface area contributed by atoms with E-state index in [1.165, 1.54) is 12.1 Å². The zero-order chi connectivity index (χ0) is 26.8. The third kappa shape index (κ3) is 9.52. The predicted molar refractivity (Wildman–Crippen MR) is 138 cm³/mol. The molecule has 0 radical (unpaired) electrons. The van der Waals surface area contributed by atoms with Crippen molar-refractivity contribution in [2.24, 2.45) is 17.8 Å². The number of carbonyl (C=O) groups excluding carboxylic acids is 3. The van der Waals surface area contributed by atoms with Gasteiger partial charge in [0, 0.05) is 26.1 Å². The standard InChI is InChI=1S/C27H34F3N3O4.ClH/c1-2-21(26(36)37-18-20-5-8-23(9-6-20)27(28,29)30)16-32-25(35)22-4-3-15-33(17-22)24(34)10-7-19-11-13-31-14-12-19;/h1,5-6,8-9,19,21-22,31H,3-4,7,10-18H2,(H,32,35);1H/t21-,22+;/m0./s1. The first-order valence-corrected chi connectivity index (χ1v) is 12.7. The highest BCUT2D eigenvalue weighted by atomic mass is 35.5. The van der Waals surface area contributed by atoms with Crippen LogP contribution in [0.15, 0.2) is 24.3 Å². The first kappa shape index (κ1) is 31.4. The number of piperidine rings is 2. The number of hydrogen-bond acceptors (Lipinski definition) is 5. The van der Waals surface area contributed by atoms with E-state index in [9.17, 15) is 27.6 Å². The number of hydrogen-bond donors (Lipinski definition) is 2. The lowest BCUT2D eigenvalue weighted by atomic mass is 9.92. The number of halogens is 4. The molecule has 2 heterocycles. The van der Waals surface area contributed by atoms with Gasteiger partial charge in [-0.15, -0.1) is 18.8 Å². The molecule has 38 heavy (non-hydrogen) atoms. The molecule has 7 nitrogen and oxygen atoms in total. The molecule has 3 rings (SSSR count). The van der Waals surface area contributed by atoms with Gasteiger partial charge in [-0.1, -0.05) is 18.1 Å². The summed E-state index contributed by atoms with van der Waals surface area (Å²) in [7, 11) is 0. The summed E-state index contributed by atoms with van der Waals surface area (Å²) in [6, 6.07) is 4.28. The van der Waals surface area contributed by atoms with E-state index in [1.807, 2.05) is 0 Å². The van der Waals surface area contributed by atoms with Gasteiger partial charge in [-0.25, -0.2) is 0 Å². The molecule has 0 aromatic heterocycles. The van der Waals surface area contributed by atoms with Crippen LogP contribution in [0.3, 0.4) is 0 Å². The van der Waals surface area contributed by atoms with E-state index in [4.69, 9.17) is 11.2 Å². The molecule has 1 aromatic rings. The second-order valence-corrected chi connectivity index (χ2v) is 9.68. The first-order chi connectivity index (χ1) is 17.7. The number of nitrogens with zero attached hydrogens (tertiary/aromatic N) is 1. The molecule has 2 fully saturated rings. The first-order valence-electron chi connectivity index (χ1n) is 12.7. The lowest BCUT2D eigenvalue weighted by Crippen LogP contribution is -2.46. The second-order valence-electron chi connectivity index (χ2n) is 9.68. The van der Waals surface area contributed by atoms with Crippen molar-refractivity contribution < 1.29 is 32.3 Å². The molecule has 1 aromatic carbocycles. The van der Waals surface area contributed by atoms with E-state index in [0.29, 0.717) is 37.4 Å². The molecule has 2 saturated heterocycles. The number of likely N-dealkylation sites (tertiary alicyclic amines) is 1. The number of benzene rings is 1. The molecule has 2 aliphatic heterocycles. The lowest BCUT2D eigenvalue weighted by molar-refractivity contribution is -0.148. The number of carbonyl (C=O) groups is 3. The van der Waals surface area contributed by atoms with Crippen LogP contribution in [0.1, 0.15) is 49.7 Å². The number of alkyl halides is 3. The quantitative estimate of drug-likeness (QED) is 0.358. The van der Waals surface area contributed by atoms with E-state index in [0.717, 1.165) is 50.9 Å². The van der Waals surface area contributed by atoms with Crippen LogP contribution >= 0.6 is 12.4 Å². The van der Waals surface area contributed by atoms with Crippen molar-refractivity contribution in [1.82, 2.24) is 15.5 Å². The predicted octanol–water partition coefficient (Wildman–Crippen LogP) is 3.55. The van der Waals surface area contributed by atoms with Crippen molar-refractivity contribution in [1.29, 1.82) is 0 Å². The summed E-state index contributed by atoms with van der Waals surface area (Å²) in [6.45, 7) is 2.60. The van der Waals surface area contributed by atoms with Crippen molar-refractivity contribution >= 4 is 30.2 Å². The molecule has 0 spiro atoms. The molecule has 0 bridgehead atoms. The summed E-state index contributed by atoms with van der Waals surface area (Å²) in [5.74, 6) is 0.496. The molecule has 2 aliphatic rings. The van der Waals surface area contributed by atoms with Crippen LogP contribution < -0.4 is 10.6 Å². The highest BCUT2D eigenvalue weighted by Gasteiger charge is 2.31. The number of nitrogens with one attached hydrogen (secondary N) is 2. The SMILES string of the molecule is C#C[C@@H](CNC(=O)[C@@H]1CCCN(C(=O)CCC2CCNCC2)C1)C(=O)OCc1ccc(C(F)(F)F)cc1.Cl. The summed E-state index contributed by atoms with van der Waals surface area (Å²) in [5.41, 5.74) is -0.412. The van der Waals surface area contributed by atoms with Crippen LogP contribution in [0.2, 0.25) is 0 Å². The normalized spacial score (nSPS) is 19.0. The van der Waals surface area contributed by atoms with Gasteiger partial charge >= 0.3 is 12.1 Å². The minimum absolute atomic E-state index is 0. The lowest BCUT2D eigenvalue weighted by Gasteiger charge is -2.33. The van der Waals surface area contributed by atoms with Gasteiger partial charge in [-0.3, -0.25) is 14.4 Å². The Morgan fingerprint density at radius 1 is 1.16 bits per heavy atom. The molecule has 0 saturated carbocycles. The molecule has 0 unspecified atom stereocenters. The van der Waals surface area contributed by atoms with E-state index < -0.39 is 23.6 Å². The molecule has 2 N–H and O–H groups in total. The Morgan fingerprint density at radius 3 is 2.47 bits per heavy atom. The zero-order valence-electron chi connectivity index (χ0n) is 21.2. The van der Waals surface area contributed by atoms with Crippen LogP contribution in [0.5, 0.6) is 0 Å². The van der Waals surface area contributed by atoms with Gasteiger partial charge in [0.2, 0.25) is 11.8 Å². The maximum absolute atomic E-state index is 12.7. The van der Waals surface area contributed by atoms with Crippen molar-refractivity contribution in [3.8, 4) is 12.3 Å². The molecule has 11 heteroatoms. The number of amides is 2. The molecule has 0 aliphatic carbocycles. The van der Waals surface area contributed by atoms with Crippen molar-refractivity contribution in [3.05, 3.63) is 35.4 Å². The maximum atomic E-state index is 12.7. The molecule has 210 valence electrons.